The van der Waals surface area contributed by atoms with Crippen LogP contribution in [0.25, 0.3) is 0 Å². The number of rotatable bonds is 2. The number of carbonyl (C=O) groups excluding carboxylic acids is 1. The Labute approximate surface area is 126 Å². The zero-order chi connectivity index (χ0) is 13.9. The van der Waals surface area contributed by atoms with Crippen molar-refractivity contribution >= 4 is 21.9 Å². The smallest absolute Gasteiger partial charge is 0.344 e. The van der Waals surface area contributed by atoms with Crippen molar-refractivity contribution in [3.8, 4) is 5.75 Å². The quantitative estimate of drug-likeness (QED) is 0.596. The van der Waals surface area contributed by atoms with Crippen molar-refractivity contribution in [2.24, 2.45) is 0 Å². The van der Waals surface area contributed by atoms with Gasteiger partial charge in [-0.05, 0) is 77.0 Å². The Balaban J connectivity index is 1.81. The second kappa shape index (κ2) is 5.80. The van der Waals surface area contributed by atoms with Gasteiger partial charge >= 0.3 is 5.97 Å². The van der Waals surface area contributed by atoms with Gasteiger partial charge in [0, 0.05) is 4.47 Å². The Bertz CT molecular complexity index is 649. The monoisotopic (exact) mass is 330 g/mol. The fraction of sp³-hybridized carbons (Fsp3) is 0.235. The van der Waals surface area contributed by atoms with Crippen LogP contribution in [-0.2, 0) is 12.8 Å². The van der Waals surface area contributed by atoms with Gasteiger partial charge in [-0.2, -0.15) is 0 Å². The minimum absolute atomic E-state index is 0.326. The van der Waals surface area contributed by atoms with Crippen LogP contribution >= 0.6 is 15.9 Å². The maximum atomic E-state index is 12.2. The van der Waals surface area contributed by atoms with Crippen molar-refractivity contribution in [3.05, 3.63) is 63.6 Å². The predicted molar refractivity (Wildman–Crippen MR) is 82.2 cm³/mol. The van der Waals surface area contributed by atoms with Crippen LogP contribution < -0.4 is 4.74 Å². The predicted octanol–water partition coefficient (Wildman–Crippen LogP) is 4.55. The summed E-state index contributed by atoms with van der Waals surface area (Å²) in [5.41, 5.74) is 3.25. The van der Waals surface area contributed by atoms with Crippen molar-refractivity contribution < 1.29 is 9.53 Å². The third-order valence-corrected chi connectivity index (χ3v) is 4.32. The lowest BCUT2D eigenvalue weighted by Crippen LogP contribution is -2.10. The van der Waals surface area contributed by atoms with Gasteiger partial charge in [0.2, 0.25) is 0 Å². The van der Waals surface area contributed by atoms with Gasteiger partial charge in [-0.15, -0.1) is 0 Å². The molecule has 0 bridgehead atoms. The molecule has 0 N–H and O–H groups in total. The molecule has 1 aliphatic rings. The summed E-state index contributed by atoms with van der Waals surface area (Å²) in [4.78, 5) is 12.2. The average Bonchev–Trinajstić information content (AvgIpc) is 2.47. The van der Waals surface area contributed by atoms with E-state index in [4.69, 9.17) is 4.74 Å². The number of benzene rings is 2. The second-order valence-electron chi connectivity index (χ2n) is 5.01. The van der Waals surface area contributed by atoms with Crippen LogP contribution in [-0.4, -0.2) is 5.97 Å². The first-order valence-corrected chi connectivity index (χ1v) is 7.62. The maximum absolute atomic E-state index is 12.2. The van der Waals surface area contributed by atoms with Gasteiger partial charge in [0.05, 0.1) is 5.56 Å². The standard InChI is InChI=1S/C17H15BrO2/c18-16-8-4-3-7-15(16)17(19)20-14-10-9-12-5-1-2-6-13(12)11-14/h3-4,7-11H,1-2,5-6H2. The largest absolute Gasteiger partial charge is 0.423 e. The van der Waals surface area contributed by atoms with Gasteiger partial charge in [0.15, 0.2) is 0 Å². The molecule has 0 atom stereocenters. The summed E-state index contributed by atoms with van der Waals surface area (Å²) >= 11 is 3.37. The minimum atomic E-state index is -0.326. The molecule has 2 aromatic carbocycles. The van der Waals surface area contributed by atoms with E-state index in [1.807, 2.05) is 30.3 Å². The van der Waals surface area contributed by atoms with Gasteiger partial charge in [-0.3, -0.25) is 0 Å². The number of hydrogen-bond acceptors (Lipinski definition) is 2. The highest BCUT2D eigenvalue weighted by Gasteiger charge is 2.14. The molecule has 0 radical (unpaired) electrons. The number of carbonyl (C=O) groups is 1. The van der Waals surface area contributed by atoms with E-state index in [0.717, 1.165) is 17.3 Å². The van der Waals surface area contributed by atoms with Crippen molar-refractivity contribution in [3.63, 3.8) is 0 Å². The van der Waals surface area contributed by atoms with Gasteiger partial charge in [-0.1, -0.05) is 18.2 Å². The molecule has 0 aliphatic heterocycles. The van der Waals surface area contributed by atoms with E-state index in [0.29, 0.717) is 11.3 Å². The zero-order valence-electron chi connectivity index (χ0n) is 11.1. The lowest BCUT2D eigenvalue weighted by Gasteiger charge is -2.16. The third kappa shape index (κ3) is 2.78. The Morgan fingerprint density at radius 3 is 2.55 bits per heavy atom. The first kappa shape index (κ1) is 13.4. The molecule has 0 amide bonds. The normalized spacial score (nSPS) is 13.7. The number of esters is 1. The molecule has 0 saturated heterocycles. The Kier molecular flexibility index (Phi) is 3.88. The van der Waals surface area contributed by atoms with Gasteiger partial charge in [0.1, 0.15) is 5.75 Å². The molecule has 2 nitrogen and oxygen atoms in total. The molecular formula is C17H15BrO2. The second-order valence-corrected chi connectivity index (χ2v) is 5.86. The fourth-order valence-electron chi connectivity index (χ4n) is 2.56. The third-order valence-electron chi connectivity index (χ3n) is 3.62. The summed E-state index contributed by atoms with van der Waals surface area (Å²) in [5.74, 6) is 0.305. The van der Waals surface area contributed by atoms with E-state index in [9.17, 15) is 4.79 Å². The van der Waals surface area contributed by atoms with Crippen molar-refractivity contribution in [2.75, 3.05) is 0 Å². The Morgan fingerprint density at radius 1 is 1.00 bits per heavy atom. The highest BCUT2D eigenvalue weighted by Crippen LogP contribution is 2.26. The molecule has 0 fully saturated rings. The summed E-state index contributed by atoms with van der Waals surface area (Å²) < 4.78 is 6.23. The summed E-state index contributed by atoms with van der Waals surface area (Å²) in [6.07, 6.45) is 4.68. The lowest BCUT2D eigenvalue weighted by molar-refractivity contribution is 0.0733. The summed E-state index contributed by atoms with van der Waals surface area (Å²) in [5, 5.41) is 0. The molecule has 20 heavy (non-hydrogen) atoms. The van der Waals surface area contributed by atoms with E-state index >= 15 is 0 Å². The minimum Gasteiger partial charge on any atom is -0.423 e. The summed E-state index contributed by atoms with van der Waals surface area (Å²) in [6.45, 7) is 0. The highest BCUT2D eigenvalue weighted by molar-refractivity contribution is 9.10. The van der Waals surface area contributed by atoms with Crippen LogP contribution in [0.2, 0.25) is 0 Å². The van der Waals surface area contributed by atoms with E-state index in [-0.39, 0.29) is 5.97 Å². The SMILES string of the molecule is O=C(Oc1ccc2c(c1)CCCC2)c1ccccc1Br. The van der Waals surface area contributed by atoms with Crippen LogP contribution in [0.1, 0.15) is 34.3 Å². The van der Waals surface area contributed by atoms with Gasteiger partial charge < -0.3 is 4.74 Å². The molecule has 0 saturated carbocycles. The van der Waals surface area contributed by atoms with E-state index in [2.05, 4.69) is 22.0 Å². The van der Waals surface area contributed by atoms with Gasteiger partial charge in [-0.25, -0.2) is 4.79 Å². The molecule has 1 aliphatic carbocycles. The van der Waals surface area contributed by atoms with Crippen LogP contribution in [0.15, 0.2) is 46.9 Å². The molecule has 0 aromatic heterocycles. The van der Waals surface area contributed by atoms with Crippen LogP contribution in [0.3, 0.4) is 0 Å². The molecule has 102 valence electrons. The Hall–Kier alpha value is -1.61. The van der Waals surface area contributed by atoms with E-state index in [1.165, 1.54) is 24.0 Å². The number of fused-ring (bicyclic) bond motifs is 1. The van der Waals surface area contributed by atoms with Crippen LogP contribution in [0, 0.1) is 0 Å². The lowest BCUT2D eigenvalue weighted by atomic mass is 9.92. The first-order valence-electron chi connectivity index (χ1n) is 6.82. The highest BCUT2D eigenvalue weighted by atomic mass is 79.9. The molecule has 0 unspecified atom stereocenters. The average molecular weight is 331 g/mol. The number of ether oxygens (including phenoxy) is 1. The molecule has 3 rings (SSSR count). The number of hydrogen-bond donors (Lipinski definition) is 0. The summed E-state index contributed by atoms with van der Waals surface area (Å²) in [6, 6.07) is 13.3. The van der Waals surface area contributed by atoms with Crippen molar-refractivity contribution in [1.82, 2.24) is 0 Å². The van der Waals surface area contributed by atoms with Crippen molar-refractivity contribution in [1.29, 1.82) is 0 Å². The fourth-order valence-corrected chi connectivity index (χ4v) is 3.01. The maximum Gasteiger partial charge on any atom is 0.344 e. The number of halogens is 1. The molecule has 0 heterocycles. The van der Waals surface area contributed by atoms with Crippen molar-refractivity contribution in [2.45, 2.75) is 25.7 Å². The van der Waals surface area contributed by atoms with Crippen LogP contribution in [0.4, 0.5) is 0 Å². The van der Waals surface area contributed by atoms with E-state index in [1.54, 1.807) is 6.07 Å². The molecular weight excluding hydrogens is 316 g/mol. The van der Waals surface area contributed by atoms with Crippen LogP contribution in [0.5, 0.6) is 5.75 Å². The first-order chi connectivity index (χ1) is 9.74. The van der Waals surface area contributed by atoms with E-state index < -0.39 is 0 Å². The number of aryl methyl sites for hydroxylation is 2. The summed E-state index contributed by atoms with van der Waals surface area (Å²) in [7, 11) is 0. The van der Waals surface area contributed by atoms with Gasteiger partial charge in [0.25, 0.3) is 0 Å². The Morgan fingerprint density at radius 2 is 1.75 bits per heavy atom. The topological polar surface area (TPSA) is 26.3 Å². The molecule has 2 aromatic rings. The molecule has 0 spiro atoms. The zero-order valence-corrected chi connectivity index (χ0v) is 12.7. The molecule has 3 heteroatoms.